The van der Waals surface area contributed by atoms with Crippen molar-refractivity contribution in [1.82, 2.24) is 16.2 Å². The summed E-state index contributed by atoms with van der Waals surface area (Å²) in [6.45, 7) is 0. The number of hydrazine groups is 1. The fourth-order valence-electron chi connectivity index (χ4n) is 3.85. The molecule has 1 aromatic heterocycles. The predicted molar refractivity (Wildman–Crippen MR) is 139 cm³/mol. The lowest BCUT2D eigenvalue weighted by Gasteiger charge is -2.20. The highest BCUT2D eigenvalue weighted by Gasteiger charge is 2.21. The van der Waals surface area contributed by atoms with Crippen molar-refractivity contribution in [3.63, 3.8) is 0 Å². The van der Waals surface area contributed by atoms with Crippen LogP contribution in [0, 0.1) is 5.92 Å². The Morgan fingerprint density at radius 1 is 0.912 bits per heavy atom. The molecule has 4 N–H and O–H groups in total. The summed E-state index contributed by atoms with van der Waals surface area (Å²) in [5.41, 5.74) is 5.97. The summed E-state index contributed by atoms with van der Waals surface area (Å²) >= 11 is 12.7. The van der Waals surface area contributed by atoms with E-state index >= 15 is 0 Å². The van der Waals surface area contributed by atoms with Gasteiger partial charge in [0.15, 0.2) is 5.11 Å². The predicted octanol–water partition coefficient (Wildman–Crippen LogP) is 5.02. The third-order valence-corrected chi connectivity index (χ3v) is 7.53. The van der Waals surface area contributed by atoms with Gasteiger partial charge in [0.05, 0.1) is 5.02 Å². The molecule has 0 atom stereocenters. The first-order chi connectivity index (χ1) is 16.4. The van der Waals surface area contributed by atoms with Crippen LogP contribution in [0.15, 0.2) is 48.5 Å². The molecule has 7 nitrogen and oxygen atoms in total. The van der Waals surface area contributed by atoms with E-state index in [1.165, 1.54) is 17.8 Å². The van der Waals surface area contributed by atoms with E-state index in [4.69, 9.17) is 23.8 Å². The maximum atomic E-state index is 12.5. The summed E-state index contributed by atoms with van der Waals surface area (Å²) in [7, 11) is 0. The summed E-state index contributed by atoms with van der Waals surface area (Å²) in [6.07, 6.45) is 5.20. The second kappa shape index (κ2) is 10.9. The van der Waals surface area contributed by atoms with Crippen LogP contribution < -0.4 is 21.5 Å². The maximum Gasteiger partial charge on any atom is 0.269 e. The molecule has 1 heterocycles. The van der Waals surface area contributed by atoms with Crippen LogP contribution in [0.5, 0.6) is 0 Å². The zero-order chi connectivity index (χ0) is 24.1. The summed E-state index contributed by atoms with van der Waals surface area (Å²) in [4.78, 5) is 37.7. The van der Waals surface area contributed by atoms with Crippen LogP contribution in [0.4, 0.5) is 5.69 Å². The fourth-order valence-corrected chi connectivity index (χ4v) is 5.41. The molecule has 1 saturated carbocycles. The van der Waals surface area contributed by atoms with Crippen LogP contribution in [0.1, 0.15) is 52.1 Å². The number of carbonyl (C=O) groups excluding carboxylic acids is 3. The van der Waals surface area contributed by atoms with Crippen molar-refractivity contribution >= 4 is 73.8 Å². The monoisotopic (exact) mass is 514 g/mol. The topological polar surface area (TPSA) is 99.3 Å². The second-order valence-electron chi connectivity index (χ2n) is 8.01. The summed E-state index contributed by atoms with van der Waals surface area (Å²) in [6, 6.07) is 14.0. The molecule has 3 amide bonds. The molecule has 176 valence electrons. The molecule has 10 heteroatoms. The number of benzene rings is 2. The Kier molecular flexibility index (Phi) is 7.77. The van der Waals surface area contributed by atoms with Crippen molar-refractivity contribution in [2.75, 3.05) is 5.32 Å². The van der Waals surface area contributed by atoms with E-state index in [0.29, 0.717) is 21.2 Å². The molecule has 1 fully saturated rings. The standard InChI is InChI=1S/C24H23ClN4O3S2/c25-19-17-8-4-5-9-18(17)34-20(19)23(32)27-24(33)29-28-22(31)15-10-12-16(13-11-15)26-21(30)14-6-2-1-3-7-14/h4-5,8-14H,1-3,6-7H2,(H,26,30)(H,28,31)(H2,27,29,32,33). The Hall–Kier alpha value is -3.01. The van der Waals surface area contributed by atoms with Gasteiger partial charge in [-0.05, 0) is 55.4 Å². The highest BCUT2D eigenvalue weighted by Crippen LogP contribution is 2.35. The Bertz CT molecular complexity index is 1240. The molecule has 1 aliphatic rings. The van der Waals surface area contributed by atoms with Crippen LogP contribution in [0.2, 0.25) is 5.02 Å². The third kappa shape index (κ3) is 5.72. The molecule has 34 heavy (non-hydrogen) atoms. The molecule has 2 aromatic carbocycles. The van der Waals surface area contributed by atoms with E-state index in [9.17, 15) is 14.4 Å². The summed E-state index contributed by atoms with van der Waals surface area (Å²) < 4.78 is 0.892. The molecule has 0 spiro atoms. The number of anilines is 1. The summed E-state index contributed by atoms with van der Waals surface area (Å²) in [5, 5.41) is 6.52. The number of rotatable bonds is 4. The quantitative estimate of drug-likeness (QED) is 0.289. The number of carbonyl (C=O) groups is 3. The first kappa shape index (κ1) is 24.1. The van der Waals surface area contributed by atoms with Crippen molar-refractivity contribution in [2.45, 2.75) is 32.1 Å². The molecule has 4 rings (SSSR count). The maximum absolute atomic E-state index is 12.5. The van der Waals surface area contributed by atoms with E-state index in [1.54, 1.807) is 24.3 Å². The van der Waals surface area contributed by atoms with Gasteiger partial charge in [0.1, 0.15) is 4.88 Å². The van der Waals surface area contributed by atoms with Gasteiger partial charge in [-0.2, -0.15) is 0 Å². The number of hydrogen-bond donors (Lipinski definition) is 4. The van der Waals surface area contributed by atoms with Gasteiger partial charge in [-0.3, -0.25) is 30.6 Å². The van der Waals surface area contributed by atoms with Gasteiger partial charge in [-0.25, -0.2) is 0 Å². The average molecular weight is 515 g/mol. The first-order valence-electron chi connectivity index (χ1n) is 10.9. The Labute approximate surface area is 211 Å². The van der Waals surface area contributed by atoms with Crippen LogP contribution in [-0.4, -0.2) is 22.8 Å². The molecule has 1 aliphatic carbocycles. The number of hydrogen-bond acceptors (Lipinski definition) is 5. The van der Waals surface area contributed by atoms with Gasteiger partial charge in [-0.15, -0.1) is 11.3 Å². The fraction of sp³-hybridized carbons (Fsp3) is 0.250. The van der Waals surface area contributed by atoms with Gasteiger partial charge in [0, 0.05) is 27.3 Å². The molecule has 0 radical (unpaired) electrons. The molecular formula is C24H23ClN4O3S2. The molecule has 0 aliphatic heterocycles. The summed E-state index contributed by atoms with van der Waals surface area (Å²) in [5.74, 6) is -0.823. The van der Waals surface area contributed by atoms with Crippen molar-refractivity contribution in [3.8, 4) is 0 Å². The van der Waals surface area contributed by atoms with E-state index in [0.717, 1.165) is 35.8 Å². The van der Waals surface area contributed by atoms with Crippen LogP contribution >= 0.6 is 35.2 Å². The molecule has 0 saturated heterocycles. The SMILES string of the molecule is O=C(NNC(=S)NC(=O)c1sc2ccccc2c1Cl)c1ccc(NC(=O)C2CCCCC2)cc1. The largest absolute Gasteiger partial charge is 0.326 e. The number of thiophene rings is 1. The molecule has 3 aromatic rings. The minimum absolute atomic E-state index is 0.0263. The van der Waals surface area contributed by atoms with Gasteiger partial charge < -0.3 is 5.32 Å². The Balaban J connectivity index is 1.27. The zero-order valence-corrected chi connectivity index (χ0v) is 20.5. The van der Waals surface area contributed by atoms with E-state index < -0.39 is 11.8 Å². The Morgan fingerprint density at radius 3 is 2.32 bits per heavy atom. The van der Waals surface area contributed by atoms with Crippen LogP contribution in [0.3, 0.4) is 0 Å². The van der Waals surface area contributed by atoms with Gasteiger partial charge >= 0.3 is 0 Å². The average Bonchev–Trinajstić information content (AvgIpc) is 3.20. The Morgan fingerprint density at radius 2 is 1.62 bits per heavy atom. The molecular weight excluding hydrogens is 492 g/mol. The van der Waals surface area contributed by atoms with Crippen LogP contribution in [0.25, 0.3) is 10.1 Å². The molecule has 0 unspecified atom stereocenters. The van der Waals surface area contributed by atoms with Crippen molar-refractivity contribution in [1.29, 1.82) is 0 Å². The lowest BCUT2D eigenvalue weighted by molar-refractivity contribution is -0.120. The van der Waals surface area contributed by atoms with E-state index in [-0.39, 0.29) is 16.9 Å². The highest BCUT2D eigenvalue weighted by molar-refractivity contribution is 7.80. The van der Waals surface area contributed by atoms with E-state index in [2.05, 4.69) is 21.5 Å². The molecule has 0 bridgehead atoms. The highest BCUT2D eigenvalue weighted by atomic mass is 35.5. The van der Waals surface area contributed by atoms with E-state index in [1.807, 2.05) is 24.3 Å². The number of nitrogens with one attached hydrogen (secondary N) is 4. The lowest BCUT2D eigenvalue weighted by atomic mass is 9.88. The normalized spacial score (nSPS) is 13.8. The number of amides is 3. The van der Waals surface area contributed by atoms with Gasteiger partial charge in [-0.1, -0.05) is 49.1 Å². The van der Waals surface area contributed by atoms with Gasteiger partial charge in [0.25, 0.3) is 11.8 Å². The lowest BCUT2D eigenvalue weighted by Crippen LogP contribution is -2.48. The number of fused-ring (bicyclic) bond motifs is 1. The minimum atomic E-state index is -0.462. The van der Waals surface area contributed by atoms with Crippen molar-refractivity contribution < 1.29 is 14.4 Å². The smallest absolute Gasteiger partial charge is 0.269 e. The van der Waals surface area contributed by atoms with Crippen molar-refractivity contribution in [2.24, 2.45) is 5.92 Å². The van der Waals surface area contributed by atoms with Crippen LogP contribution in [-0.2, 0) is 4.79 Å². The van der Waals surface area contributed by atoms with Crippen molar-refractivity contribution in [3.05, 3.63) is 64.0 Å². The minimum Gasteiger partial charge on any atom is -0.326 e. The first-order valence-corrected chi connectivity index (χ1v) is 12.5. The van der Waals surface area contributed by atoms with Gasteiger partial charge in [0.2, 0.25) is 5.91 Å². The zero-order valence-electron chi connectivity index (χ0n) is 18.2. The second-order valence-corrected chi connectivity index (χ2v) is 9.84. The third-order valence-electron chi connectivity index (χ3n) is 5.65. The number of thiocarbonyl (C=S) groups is 1. The number of halogens is 1.